The summed E-state index contributed by atoms with van der Waals surface area (Å²) in [6.45, 7) is 6.07. The van der Waals surface area contributed by atoms with Gasteiger partial charge in [0.2, 0.25) is 0 Å². The zero-order valence-electron chi connectivity index (χ0n) is 9.93. The molecule has 2 heteroatoms. The second-order valence-corrected chi connectivity index (χ2v) is 3.89. The first-order valence-corrected chi connectivity index (χ1v) is 6.16. The summed E-state index contributed by atoms with van der Waals surface area (Å²) < 4.78 is 5.73. The van der Waals surface area contributed by atoms with E-state index in [0.717, 1.165) is 26.0 Å². The standard InChI is InChI=1S/C12H27NO/c1-3-5-6-7-8-11-14-12(4-2)9-10-13/h12H,3-11,13H2,1-2H3. The zero-order valence-corrected chi connectivity index (χ0v) is 9.93. The molecule has 0 aliphatic heterocycles. The first-order valence-electron chi connectivity index (χ1n) is 6.16. The van der Waals surface area contributed by atoms with Gasteiger partial charge in [-0.3, -0.25) is 0 Å². The van der Waals surface area contributed by atoms with Crippen molar-refractivity contribution in [3.63, 3.8) is 0 Å². The monoisotopic (exact) mass is 201 g/mol. The van der Waals surface area contributed by atoms with Gasteiger partial charge in [0, 0.05) is 6.61 Å². The molecule has 2 nitrogen and oxygen atoms in total. The van der Waals surface area contributed by atoms with Crippen LogP contribution in [0, 0.1) is 0 Å². The van der Waals surface area contributed by atoms with Crippen LogP contribution in [0.1, 0.15) is 58.8 Å². The third-order valence-corrected chi connectivity index (χ3v) is 2.55. The summed E-state index contributed by atoms with van der Waals surface area (Å²) >= 11 is 0. The van der Waals surface area contributed by atoms with Gasteiger partial charge < -0.3 is 10.5 Å². The SMILES string of the molecule is CCCCCCCOC(CC)CCN. The zero-order chi connectivity index (χ0) is 10.6. The molecule has 2 N–H and O–H groups in total. The summed E-state index contributed by atoms with van der Waals surface area (Å²) in [4.78, 5) is 0. The molecule has 0 aromatic rings. The highest BCUT2D eigenvalue weighted by atomic mass is 16.5. The van der Waals surface area contributed by atoms with Crippen LogP contribution >= 0.6 is 0 Å². The van der Waals surface area contributed by atoms with Crippen molar-refractivity contribution in [1.82, 2.24) is 0 Å². The largest absolute Gasteiger partial charge is 0.378 e. The van der Waals surface area contributed by atoms with E-state index < -0.39 is 0 Å². The maximum atomic E-state index is 5.73. The van der Waals surface area contributed by atoms with Gasteiger partial charge in [-0.25, -0.2) is 0 Å². The molecular formula is C12H27NO. The van der Waals surface area contributed by atoms with E-state index in [-0.39, 0.29) is 0 Å². The van der Waals surface area contributed by atoms with Crippen molar-refractivity contribution in [2.45, 2.75) is 64.9 Å². The van der Waals surface area contributed by atoms with E-state index in [9.17, 15) is 0 Å². The Kier molecular flexibility index (Phi) is 10.9. The maximum absolute atomic E-state index is 5.73. The lowest BCUT2D eigenvalue weighted by atomic mass is 10.1. The minimum absolute atomic E-state index is 0.395. The van der Waals surface area contributed by atoms with Gasteiger partial charge in [0.25, 0.3) is 0 Å². The molecule has 0 amide bonds. The molecule has 0 spiro atoms. The van der Waals surface area contributed by atoms with Gasteiger partial charge in [-0.2, -0.15) is 0 Å². The molecule has 0 saturated heterocycles. The van der Waals surface area contributed by atoms with Gasteiger partial charge in [-0.1, -0.05) is 39.5 Å². The number of rotatable bonds is 10. The number of unbranched alkanes of at least 4 members (excludes halogenated alkanes) is 4. The van der Waals surface area contributed by atoms with Crippen molar-refractivity contribution in [3.05, 3.63) is 0 Å². The average Bonchev–Trinajstić information content (AvgIpc) is 2.21. The molecule has 0 aromatic heterocycles. The highest BCUT2D eigenvalue weighted by Crippen LogP contribution is 2.06. The first-order chi connectivity index (χ1) is 6.85. The fraction of sp³-hybridized carbons (Fsp3) is 1.00. The Labute approximate surface area is 89.2 Å². The molecule has 1 unspecified atom stereocenters. The van der Waals surface area contributed by atoms with Crippen molar-refractivity contribution in [1.29, 1.82) is 0 Å². The van der Waals surface area contributed by atoms with Crippen LogP contribution in [-0.2, 0) is 4.74 Å². The fourth-order valence-electron chi connectivity index (χ4n) is 1.55. The van der Waals surface area contributed by atoms with E-state index in [4.69, 9.17) is 10.5 Å². The lowest BCUT2D eigenvalue weighted by molar-refractivity contribution is 0.0441. The molecule has 0 saturated carbocycles. The van der Waals surface area contributed by atoms with Crippen LogP contribution in [0.4, 0.5) is 0 Å². The molecule has 14 heavy (non-hydrogen) atoms. The second kappa shape index (κ2) is 11.0. The van der Waals surface area contributed by atoms with Crippen molar-refractivity contribution in [3.8, 4) is 0 Å². The van der Waals surface area contributed by atoms with Gasteiger partial charge in [0.05, 0.1) is 6.10 Å². The van der Waals surface area contributed by atoms with E-state index >= 15 is 0 Å². The molecule has 0 aliphatic carbocycles. The predicted octanol–water partition coefficient (Wildman–Crippen LogP) is 3.10. The van der Waals surface area contributed by atoms with Crippen LogP contribution in [0.2, 0.25) is 0 Å². The lowest BCUT2D eigenvalue weighted by Gasteiger charge is -2.14. The van der Waals surface area contributed by atoms with Crippen molar-refractivity contribution < 1.29 is 4.74 Å². The van der Waals surface area contributed by atoms with Gasteiger partial charge >= 0.3 is 0 Å². The Hall–Kier alpha value is -0.0800. The number of hydrogen-bond acceptors (Lipinski definition) is 2. The summed E-state index contributed by atoms with van der Waals surface area (Å²) in [5.74, 6) is 0. The summed E-state index contributed by atoms with van der Waals surface area (Å²) in [5.41, 5.74) is 5.49. The highest BCUT2D eigenvalue weighted by molar-refractivity contribution is 4.55. The van der Waals surface area contributed by atoms with Gasteiger partial charge in [-0.05, 0) is 25.8 Å². The van der Waals surface area contributed by atoms with E-state index in [1.807, 2.05) is 0 Å². The van der Waals surface area contributed by atoms with E-state index in [1.54, 1.807) is 0 Å². The summed E-state index contributed by atoms with van der Waals surface area (Å²) in [7, 11) is 0. The lowest BCUT2D eigenvalue weighted by Crippen LogP contribution is -2.17. The number of ether oxygens (including phenoxy) is 1. The van der Waals surface area contributed by atoms with E-state index in [0.29, 0.717) is 6.10 Å². The molecule has 0 aromatic carbocycles. The van der Waals surface area contributed by atoms with Crippen LogP contribution in [0.5, 0.6) is 0 Å². The number of hydrogen-bond donors (Lipinski definition) is 1. The van der Waals surface area contributed by atoms with Crippen molar-refractivity contribution >= 4 is 0 Å². The third-order valence-electron chi connectivity index (χ3n) is 2.55. The normalized spacial score (nSPS) is 13.1. The maximum Gasteiger partial charge on any atom is 0.0584 e. The molecule has 0 radical (unpaired) electrons. The molecule has 0 aliphatic rings. The van der Waals surface area contributed by atoms with Crippen LogP contribution in [0.3, 0.4) is 0 Å². The number of nitrogens with two attached hydrogens (primary N) is 1. The molecule has 0 fully saturated rings. The topological polar surface area (TPSA) is 35.2 Å². The van der Waals surface area contributed by atoms with Crippen LogP contribution in [-0.4, -0.2) is 19.3 Å². The third kappa shape index (κ3) is 8.52. The Balaban J connectivity index is 3.15. The fourth-order valence-corrected chi connectivity index (χ4v) is 1.55. The molecule has 1 atom stereocenters. The Morgan fingerprint density at radius 1 is 1.07 bits per heavy atom. The van der Waals surface area contributed by atoms with E-state index in [1.165, 1.54) is 32.1 Å². The van der Waals surface area contributed by atoms with Gasteiger partial charge in [0.15, 0.2) is 0 Å². The summed E-state index contributed by atoms with van der Waals surface area (Å²) in [5, 5.41) is 0. The second-order valence-electron chi connectivity index (χ2n) is 3.89. The highest BCUT2D eigenvalue weighted by Gasteiger charge is 2.03. The predicted molar refractivity (Wildman–Crippen MR) is 62.5 cm³/mol. The Morgan fingerprint density at radius 3 is 2.36 bits per heavy atom. The quantitative estimate of drug-likeness (QED) is 0.551. The average molecular weight is 201 g/mol. The minimum atomic E-state index is 0.395. The van der Waals surface area contributed by atoms with Crippen LogP contribution < -0.4 is 5.73 Å². The van der Waals surface area contributed by atoms with Crippen LogP contribution in [0.15, 0.2) is 0 Å². The molecule has 0 bridgehead atoms. The smallest absolute Gasteiger partial charge is 0.0584 e. The first kappa shape index (κ1) is 13.9. The van der Waals surface area contributed by atoms with Crippen LogP contribution in [0.25, 0.3) is 0 Å². The molecule has 0 heterocycles. The minimum Gasteiger partial charge on any atom is -0.378 e. The molecule has 86 valence electrons. The van der Waals surface area contributed by atoms with Gasteiger partial charge in [0.1, 0.15) is 0 Å². The summed E-state index contributed by atoms with van der Waals surface area (Å²) in [6.07, 6.45) is 9.04. The summed E-state index contributed by atoms with van der Waals surface area (Å²) in [6, 6.07) is 0. The Bertz CT molecular complexity index is 106. The van der Waals surface area contributed by atoms with Gasteiger partial charge in [-0.15, -0.1) is 0 Å². The molecular weight excluding hydrogens is 174 g/mol. The Morgan fingerprint density at radius 2 is 1.79 bits per heavy atom. The van der Waals surface area contributed by atoms with Crippen molar-refractivity contribution in [2.24, 2.45) is 5.73 Å². The van der Waals surface area contributed by atoms with Crippen molar-refractivity contribution in [2.75, 3.05) is 13.2 Å². The molecule has 0 rings (SSSR count). The van der Waals surface area contributed by atoms with E-state index in [2.05, 4.69) is 13.8 Å².